The third-order valence-electron chi connectivity index (χ3n) is 3.31. The summed E-state index contributed by atoms with van der Waals surface area (Å²) in [5.74, 6) is 1.90. The summed E-state index contributed by atoms with van der Waals surface area (Å²) in [7, 11) is 0. The SMILES string of the molecule is Cc1cc(C)nc(/N=C(/N)Nc2ccccc2Oc2ccccc2)n1. The highest BCUT2D eigenvalue weighted by Crippen LogP contribution is 2.29. The Bertz CT molecular complexity index is 873. The van der Waals surface area contributed by atoms with E-state index in [0.717, 1.165) is 17.1 Å². The van der Waals surface area contributed by atoms with Crippen molar-refractivity contribution in [1.82, 2.24) is 9.97 Å². The lowest BCUT2D eigenvalue weighted by atomic mass is 10.3. The van der Waals surface area contributed by atoms with E-state index in [4.69, 9.17) is 10.5 Å². The summed E-state index contributed by atoms with van der Waals surface area (Å²) in [6, 6.07) is 18.9. The van der Waals surface area contributed by atoms with Gasteiger partial charge in [0.25, 0.3) is 5.95 Å². The average molecular weight is 333 g/mol. The first kappa shape index (κ1) is 16.4. The zero-order valence-electron chi connectivity index (χ0n) is 14.1. The van der Waals surface area contributed by atoms with Gasteiger partial charge in [-0.25, -0.2) is 9.97 Å². The summed E-state index contributed by atoms with van der Waals surface area (Å²) in [4.78, 5) is 12.7. The molecule has 0 spiro atoms. The fourth-order valence-electron chi connectivity index (χ4n) is 2.31. The minimum absolute atomic E-state index is 0.189. The molecular formula is C19H19N5O. The van der Waals surface area contributed by atoms with E-state index in [0.29, 0.717) is 17.4 Å². The van der Waals surface area contributed by atoms with E-state index in [9.17, 15) is 0 Å². The van der Waals surface area contributed by atoms with Crippen molar-refractivity contribution in [2.75, 3.05) is 5.32 Å². The molecular weight excluding hydrogens is 314 g/mol. The predicted octanol–water partition coefficient (Wildman–Crippen LogP) is 3.94. The highest BCUT2D eigenvalue weighted by Gasteiger charge is 2.06. The van der Waals surface area contributed by atoms with Gasteiger partial charge in [-0.3, -0.25) is 0 Å². The van der Waals surface area contributed by atoms with Crippen LogP contribution in [-0.4, -0.2) is 15.9 Å². The van der Waals surface area contributed by atoms with E-state index < -0.39 is 0 Å². The highest BCUT2D eigenvalue weighted by atomic mass is 16.5. The molecule has 0 aliphatic carbocycles. The molecule has 6 nitrogen and oxygen atoms in total. The monoisotopic (exact) mass is 333 g/mol. The maximum atomic E-state index is 6.00. The first-order valence-electron chi connectivity index (χ1n) is 7.85. The van der Waals surface area contributed by atoms with Gasteiger partial charge in [-0.15, -0.1) is 0 Å². The van der Waals surface area contributed by atoms with Crippen molar-refractivity contribution < 1.29 is 4.74 Å². The van der Waals surface area contributed by atoms with Gasteiger partial charge in [-0.05, 0) is 44.2 Å². The standard InChI is InChI=1S/C19H19N5O/c1-13-12-14(2)22-19(21-13)24-18(20)23-16-10-6-7-11-17(16)25-15-8-4-3-5-9-15/h3-12H,1-2H3,(H3,20,21,22,23,24). The summed E-state index contributed by atoms with van der Waals surface area (Å²) < 4.78 is 5.89. The third kappa shape index (κ3) is 4.54. The van der Waals surface area contributed by atoms with Crippen LogP contribution in [0.2, 0.25) is 0 Å². The van der Waals surface area contributed by atoms with Crippen LogP contribution >= 0.6 is 0 Å². The number of aromatic nitrogens is 2. The van der Waals surface area contributed by atoms with Gasteiger partial charge in [-0.1, -0.05) is 30.3 Å². The van der Waals surface area contributed by atoms with Crippen LogP contribution in [-0.2, 0) is 0 Å². The third-order valence-corrected chi connectivity index (χ3v) is 3.31. The Morgan fingerprint density at radius 1 is 0.960 bits per heavy atom. The summed E-state index contributed by atoms with van der Waals surface area (Å²) >= 11 is 0. The van der Waals surface area contributed by atoms with Crippen molar-refractivity contribution in [3.63, 3.8) is 0 Å². The largest absolute Gasteiger partial charge is 0.455 e. The molecule has 0 aliphatic heterocycles. The van der Waals surface area contributed by atoms with E-state index in [1.807, 2.05) is 74.5 Å². The number of aryl methyl sites for hydroxylation is 2. The molecule has 0 saturated carbocycles. The molecule has 0 unspecified atom stereocenters. The molecule has 1 aromatic heterocycles. The van der Waals surface area contributed by atoms with Crippen LogP contribution in [0, 0.1) is 13.8 Å². The highest BCUT2D eigenvalue weighted by molar-refractivity contribution is 5.94. The molecule has 0 amide bonds. The number of ether oxygens (including phenoxy) is 1. The van der Waals surface area contributed by atoms with Gasteiger partial charge < -0.3 is 15.8 Å². The van der Waals surface area contributed by atoms with Crippen LogP contribution in [0.5, 0.6) is 11.5 Å². The molecule has 3 N–H and O–H groups in total. The molecule has 0 bridgehead atoms. The van der Waals surface area contributed by atoms with Crippen molar-refractivity contribution in [1.29, 1.82) is 0 Å². The van der Waals surface area contributed by atoms with Gasteiger partial charge in [-0.2, -0.15) is 4.99 Å². The Hall–Kier alpha value is -3.41. The smallest absolute Gasteiger partial charge is 0.253 e. The predicted molar refractivity (Wildman–Crippen MR) is 99.4 cm³/mol. The molecule has 0 radical (unpaired) electrons. The second-order valence-electron chi connectivity index (χ2n) is 5.48. The lowest BCUT2D eigenvalue weighted by molar-refractivity contribution is 0.485. The van der Waals surface area contributed by atoms with Crippen molar-refractivity contribution in [2.24, 2.45) is 10.7 Å². The Morgan fingerprint density at radius 2 is 1.60 bits per heavy atom. The molecule has 3 rings (SSSR count). The number of benzene rings is 2. The van der Waals surface area contributed by atoms with E-state index in [2.05, 4.69) is 20.3 Å². The zero-order chi connectivity index (χ0) is 17.6. The lowest BCUT2D eigenvalue weighted by Gasteiger charge is -2.12. The fourth-order valence-corrected chi connectivity index (χ4v) is 2.31. The number of guanidine groups is 1. The first-order valence-corrected chi connectivity index (χ1v) is 7.85. The molecule has 2 aromatic carbocycles. The number of nitrogens with one attached hydrogen (secondary N) is 1. The van der Waals surface area contributed by atoms with Gasteiger partial charge >= 0.3 is 0 Å². The molecule has 0 atom stereocenters. The molecule has 6 heteroatoms. The molecule has 126 valence electrons. The van der Waals surface area contributed by atoms with Crippen molar-refractivity contribution in [2.45, 2.75) is 13.8 Å². The summed E-state index contributed by atoms with van der Waals surface area (Å²) in [6.45, 7) is 3.78. The summed E-state index contributed by atoms with van der Waals surface area (Å²) in [5.41, 5.74) is 8.39. The second-order valence-corrected chi connectivity index (χ2v) is 5.48. The van der Waals surface area contributed by atoms with E-state index >= 15 is 0 Å². The summed E-state index contributed by atoms with van der Waals surface area (Å²) in [6.07, 6.45) is 0. The number of hydrogen-bond acceptors (Lipinski definition) is 4. The molecule has 1 heterocycles. The number of hydrogen-bond donors (Lipinski definition) is 2. The van der Waals surface area contributed by atoms with Crippen LogP contribution in [0.4, 0.5) is 11.6 Å². The molecule has 25 heavy (non-hydrogen) atoms. The molecule has 3 aromatic rings. The Morgan fingerprint density at radius 3 is 2.32 bits per heavy atom. The van der Waals surface area contributed by atoms with Crippen molar-refractivity contribution in [3.8, 4) is 11.5 Å². The average Bonchev–Trinajstić information content (AvgIpc) is 2.56. The maximum Gasteiger partial charge on any atom is 0.253 e. The van der Waals surface area contributed by atoms with Crippen molar-refractivity contribution in [3.05, 3.63) is 72.1 Å². The van der Waals surface area contributed by atoms with Crippen LogP contribution < -0.4 is 15.8 Å². The minimum Gasteiger partial charge on any atom is -0.455 e. The van der Waals surface area contributed by atoms with Gasteiger partial charge in [0.05, 0.1) is 5.69 Å². The number of para-hydroxylation sites is 3. The molecule has 0 fully saturated rings. The van der Waals surface area contributed by atoms with Gasteiger partial charge in [0.1, 0.15) is 5.75 Å². The Balaban J connectivity index is 1.81. The van der Waals surface area contributed by atoms with Crippen LogP contribution in [0.15, 0.2) is 65.7 Å². The van der Waals surface area contributed by atoms with Gasteiger partial charge in [0.15, 0.2) is 5.75 Å². The number of anilines is 1. The minimum atomic E-state index is 0.189. The van der Waals surface area contributed by atoms with Crippen molar-refractivity contribution >= 4 is 17.6 Å². The Kier molecular flexibility index (Phi) is 4.89. The number of rotatable bonds is 4. The summed E-state index contributed by atoms with van der Waals surface area (Å²) in [5, 5.41) is 3.04. The Labute approximate surface area is 146 Å². The number of nitrogens with two attached hydrogens (primary N) is 1. The number of aliphatic imine (C=N–C) groups is 1. The van der Waals surface area contributed by atoms with E-state index in [-0.39, 0.29) is 5.96 Å². The number of nitrogens with zero attached hydrogens (tertiary/aromatic N) is 3. The fraction of sp³-hybridized carbons (Fsp3) is 0.105. The maximum absolute atomic E-state index is 6.00. The van der Waals surface area contributed by atoms with E-state index in [1.165, 1.54) is 0 Å². The quantitative estimate of drug-likeness (QED) is 0.558. The molecule has 0 saturated heterocycles. The van der Waals surface area contributed by atoms with Gasteiger partial charge in [0, 0.05) is 11.4 Å². The lowest BCUT2D eigenvalue weighted by Crippen LogP contribution is -2.22. The van der Waals surface area contributed by atoms with E-state index in [1.54, 1.807) is 0 Å². The van der Waals surface area contributed by atoms with Crippen LogP contribution in [0.1, 0.15) is 11.4 Å². The second kappa shape index (κ2) is 7.44. The van der Waals surface area contributed by atoms with Crippen LogP contribution in [0.25, 0.3) is 0 Å². The topological polar surface area (TPSA) is 85.4 Å². The van der Waals surface area contributed by atoms with Crippen LogP contribution in [0.3, 0.4) is 0 Å². The van der Waals surface area contributed by atoms with Gasteiger partial charge in [0.2, 0.25) is 5.96 Å². The first-order chi connectivity index (χ1) is 12.1. The normalized spacial score (nSPS) is 11.2. The zero-order valence-corrected chi connectivity index (χ0v) is 14.1. The molecule has 0 aliphatic rings.